The average Bonchev–Trinajstić information content (AvgIpc) is 2.88. The quantitative estimate of drug-likeness (QED) is 0.437. The van der Waals surface area contributed by atoms with E-state index >= 15 is 0 Å². The molecule has 0 amide bonds. The minimum absolute atomic E-state index is 0.383. The Hall–Kier alpha value is -2.48. The predicted molar refractivity (Wildman–Crippen MR) is 73.9 cm³/mol. The highest BCUT2D eigenvalue weighted by molar-refractivity contribution is 6.20. The van der Waals surface area contributed by atoms with Crippen molar-refractivity contribution >= 4 is 32.3 Å². The third-order valence-electron chi connectivity index (χ3n) is 3.57. The fourth-order valence-electron chi connectivity index (χ4n) is 2.75. The first-order valence-corrected chi connectivity index (χ1v) is 5.80. The topological polar surface area (TPSA) is 34.1 Å². The van der Waals surface area contributed by atoms with E-state index in [0.717, 1.165) is 26.9 Å². The zero-order valence-corrected chi connectivity index (χ0v) is 9.44. The second-order valence-electron chi connectivity index (χ2n) is 4.56. The van der Waals surface area contributed by atoms with Crippen LogP contribution in [0.2, 0.25) is 0 Å². The van der Waals surface area contributed by atoms with Gasteiger partial charge in [-0.3, -0.25) is 9.59 Å². The molecule has 84 valence electrons. The first-order valence-electron chi connectivity index (χ1n) is 5.80. The normalized spacial score (nSPS) is 11.8. The Balaban J connectivity index is 2.43. The first-order chi connectivity index (χ1) is 8.75. The Bertz CT molecular complexity index is 1000. The maximum atomic E-state index is 11.9. The van der Waals surface area contributed by atoms with Gasteiger partial charge in [-0.05, 0) is 39.1 Å². The van der Waals surface area contributed by atoms with E-state index in [1.165, 1.54) is 6.07 Å². The van der Waals surface area contributed by atoms with Crippen LogP contribution < -0.4 is 10.9 Å². The van der Waals surface area contributed by atoms with Crippen molar-refractivity contribution in [3.05, 3.63) is 69.0 Å². The van der Waals surface area contributed by atoms with E-state index < -0.39 is 5.43 Å². The van der Waals surface area contributed by atoms with Crippen molar-refractivity contribution in [2.24, 2.45) is 0 Å². The van der Waals surface area contributed by atoms with Gasteiger partial charge in [0.1, 0.15) is 0 Å². The lowest BCUT2D eigenvalue weighted by Crippen LogP contribution is -2.15. The fraction of sp³-hybridized carbons (Fsp3) is 0. The van der Waals surface area contributed by atoms with Crippen molar-refractivity contribution in [2.75, 3.05) is 0 Å². The molecular weight excluding hydrogens is 224 g/mol. The Morgan fingerprint density at radius 1 is 0.667 bits per heavy atom. The number of rotatable bonds is 0. The molecule has 0 spiro atoms. The molecule has 0 aliphatic heterocycles. The maximum absolute atomic E-state index is 11.9. The smallest absolute Gasteiger partial charge is 0.234 e. The second kappa shape index (κ2) is 3.05. The van der Waals surface area contributed by atoms with Crippen LogP contribution in [0.25, 0.3) is 32.3 Å². The van der Waals surface area contributed by atoms with Crippen molar-refractivity contribution in [1.82, 2.24) is 0 Å². The van der Waals surface area contributed by atoms with E-state index in [9.17, 15) is 9.59 Å². The van der Waals surface area contributed by atoms with Gasteiger partial charge in [0.15, 0.2) is 0 Å². The van der Waals surface area contributed by atoms with Crippen molar-refractivity contribution in [2.45, 2.75) is 0 Å². The molecule has 0 aliphatic carbocycles. The van der Waals surface area contributed by atoms with Gasteiger partial charge in [0.05, 0.1) is 0 Å². The lowest BCUT2D eigenvalue weighted by Gasteiger charge is -1.93. The van der Waals surface area contributed by atoms with Crippen molar-refractivity contribution in [3.8, 4) is 0 Å². The zero-order valence-electron chi connectivity index (χ0n) is 9.44. The summed E-state index contributed by atoms with van der Waals surface area (Å²) in [7, 11) is 0. The van der Waals surface area contributed by atoms with Gasteiger partial charge in [-0.1, -0.05) is 36.4 Å². The standard InChI is InChI=1S/C16H8O2/c17-14-8-10-5-6-12-11-4-2-1-3-9(11)7-13(12)15(10)16(14)18/h1-8H. The highest BCUT2D eigenvalue weighted by atomic mass is 16.2. The van der Waals surface area contributed by atoms with Crippen molar-refractivity contribution in [3.63, 3.8) is 0 Å². The summed E-state index contributed by atoms with van der Waals surface area (Å²) in [5.74, 6) is 0. The van der Waals surface area contributed by atoms with Gasteiger partial charge in [0.2, 0.25) is 10.9 Å². The van der Waals surface area contributed by atoms with Crippen LogP contribution in [0.3, 0.4) is 0 Å². The SMILES string of the molecule is O=c1cc2ccc3c4ccccc4cc3c2c1=O. The predicted octanol–water partition coefficient (Wildman–Crippen LogP) is 2.74. The van der Waals surface area contributed by atoms with Crippen molar-refractivity contribution in [1.29, 1.82) is 0 Å². The van der Waals surface area contributed by atoms with Crippen LogP contribution in [-0.4, -0.2) is 0 Å². The lowest BCUT2D eigenvalue weighted by molar-refractivity contribution is 1.64. The molecule has 0 radical (unpaired) electrons. The maximum Gasteiger partial charge on any atom is 0.234 e. The summed E-state index contributed by atoms with van der Waals surface area (Å²) in [5.41, 5.74) is -0.798. The molecule has 4 aromatic carbocycles. The molecule has 0 heterocycles. The molecule has 4 rings (SSSR count). The number of benzene rings is 2. The van der Waals surface area contributed by atoms with Crippen LogP contribution in [0.1, 0.15) is 0 Å². The number of fused-ring (bicyclic) bond motifs is 5. The summed E-state index contributed by atoms with van der Waals surface area (Å²) in [4.78, 5) is 23.4. The summed E-state index contributed by atoms with van der Waals surface area (Å²) >= 11 is 0. The van der Waals surface area contributed by atoms with Gasteiger partial charge in [-0.25, -0.2) is 0 Å². The third kappa shape index (κ3) is 1.02. The van der Waals surface area contributed by atoms with Gasteiger partial charge < -0.3 is 0 Å². The van der Waals surface area contributed by atoms with Crippen molar-refractivity contribution < 1.29 is 0 Å². The zero-order chi connectivity index (χ0) is 12.3. The van der Waals surface area contributed by atoms with Gasteiger partial charge in [-0.15, -0.1) is 0 Å². The molecule has 18 heavy (non-hydrogen) atoms. The third-order valence-corrected chi connectivity index (χ3v) is 3.57. The molecule has 0 N–H and O–H groups in total. The Morgan fingerprint density at radius 3 is 2.39 bits per heavy atom. The van der Waals surface area contributed by atoms with Gasteiger partial charge >= 0.3 is 0 Å². The van der Waals surface area contributed by atoms with Crippen LogP contribution in [0.15, 0.2) is 58.1 Å². The Labute approximate surface area is 102 Å². The van der Waals surface area contributed by atoms with E-state index in [4.69, 9.17) is 0 Å². The summed E-state index contributed by atoms with van der Waals surface area (Å²) in [6.07, 6.45) is 0. The highest BCUT2D eigenvalue weighted by Crippen LogP contribution is 2.32. The number of hydrogen-bond acceptors (Lipinski definition) is 2. The van der Waals surface area contributed by atoms with E-state index in [1.807, 2.05) is 42.5 Å². The van der Waals surface area contributed by atoms with Gasteiger partial charge in [0.25, 0.3) is 0 Å². The van der Waals surface area contributed by atoms with Crippen LogP contribution in [-0.2, 0) is 0 Å². The van der Waals surface area contributed by atoms with E-state index in [0.29, 0.717) is 5.39 Å². The monoisotopic (exact) mass is 232 g/mol. The fourth-order valence-corrected chi connectivity index (χ4v) is 2.75. The van der Waals surface area contributed by atoms with E-state index in [1.54, 1.807) is 0 Å². The molecule has 0 aromatic heterocycles. The Kier molecular flexibility index (Phi) is 1.61. The highest BCUT2D eigenvalue weighted by Gasteiger charge is 2.12. The van der Waals surface area contributed by atoms with E-state index in [2.05, 4.69) is 0 Å². The number of hydrogen-bond donors (Lipinski definition) is 0. The Morgan fingerprint density at radius 2 is 1.50 bits per heavy atom. The molecule has 0 aliphatic rings. The molecule has 0 fully saturated rings. The van der Waals surface area contributed by atoms with Gasteiger partial charge in [-0.2, -0.15) is 0 Å². The van der Waals surface area contributed by atoms with E-state index in [-0.39, 0.29) is 5.43 Å². The molecule has 0 bridgehead atoms. The lowest BCUT2D eigenvalue weighted by atomic mass is 10.1. The molecule has 4 aromatic rings. The minimum Gasteiger partial charge on any atom is -0.286 e. The molecule has 2 nitrogen and oxygen atoms in total. The second-order valence-corrected chi connectivity index (χ2v) is 4.56. The largest absolute Gasteiger partial charge is 0.286 e. The molecule has 2 heteroatoms. The summed E-state index contributed by atoms with van der Waals surface area (Å²) in [6.45, 7) is 0. The first kappa shape index (κ1) is 9.54. The molecule has 0 atom stereocenters. The average molecular weight is 232 g/mol. The summed E-state index contributed by atoms with van der Waals surface area (Å²) in [6, 6.07) is 15.3. The molecular formula is C16H8O2. The molecule has 0 saturated carbocycles. The van der Waals surface area contributed by atoms with Crippen LogP contribution in [0.5, 0.6) is 0 Å². The van der Waals surface area contributed by atoms with Crippen LogP contribution in [0.4, 0.5) is 0 Å². The molecule has 0 saturated heterocycles. The molecule has 0 unspecified atom stereocenters. The minimum atomic E-state index is -0.414. The summed E-state index contributed by atoms with van der Waals surface area (Å²) in [5, 5.41) is 5.47. The van der Waals surface area contributed by atoms with Gasteiger partial charge in [0, 0.05) is 5.39 Å². The summed E-state index contributed by atoms with van der Waals surface area (Å²) < 4.78 is 0. The van der Waals surface area contributed by atoms with Crippen LogP contribution in [0, 0.1) is 0 Å². The van der Waals surface area contributed by atoms with Crippen LogP contribution >= 0.6 is 0 Å².